The van der Waals surface area contributed by atoms with Crippen LogP contribution >= 0.6 is 0 Å². The third kappa shape index (κ3) is 3.83. The molecule has 0 saturated carbocycles. The minimum Gasteiger partial charge on any atom is -0.508 e. The zero-order chi connectivity index (χ0) is 15.2. The van der Waals surface area contributed by atoms with Crippen LogP contribution in [-0.2, 0) is 17.8 Å². The van der Waals surface area contributed by atoms with Crippen molar-refractivity contribution in [3.05, 3.63) is 59.7 Å². The Hall–Kier alpha value is -2.33. The maximum Gasteiger partial charge on any atom is 0.231 e. The highest BCUT2D eigenvalue weighted by molar-refractivity contribution is 5.94. The summed E-state index contributed by atoms with van der Waals surface area (Å²) in [5.41, 5.74) is 8.27. The van der Waals surface area contributed by atoms with E-state index < -0.39 is 0 Å². The lowest BCUT2D eigenvalue weighted by Crippen LogP contribution is -2.31. The molecule has 0 aliphatic carbocycles. The number of nitrogens with two attached hydrogens (primary N) is 1. The van der Waals surface area contributed by atoms with Crippen LogP contribution in [0.25, 0.3) is 0 Å². The van der Waals surface area contributed by atoms with Crippen molar-refractivity contribution in [3.63, 3.8) is 0 Å². The first-order chi connectivity index (χ1) is 10.1. The van der Waals surface area contributed by atoms with E-state index in [9.17, 15) is 9.90 Å². The van der Waals surface area contributed by atoms with Gasteiger partial charge in [0.15, 0.2) is 0 Å². The molecule has 0 bridgehead atoms. The molecule has 0 saturated heterocycles. The van der Waals surface area contributed by atoms with E-state index in [1.807, 2.05) is 37.3 Å². The van der Waals surface area contributed by atoms with E-state index in [4.69, 9.17) is 5.73 Å². The van der Waals surface area contributed by atoms with Crippen molar-refractivity contribution in [2.75, 3.05) is 11.4 Å². The fourth-order valence-corrected chi connectivity index (χ4v) is 2.23. The van der Waals surface area contributed by atoms with E-state index in [1.165, 1.54) is 0 Å². The van der Waals surface area contributed by atoms with Crippen molar-refractivity contribution in [2.45, 2.75) is 19.9 Å². The zero-order valence-corrected chi connectivity index (χ0v) is 12.1. The Kier molecular flexibility index (Phi) is 4.95. The van der Waals surface area contributed by atoms with Gasteiger partial charge in [-0.05, 0) is 30.2 Å². The molecule has 4 heteroatoms. The largest absolute Gasteiger partial charge is 0.508 e. The fraction of sp³-hybridized carbons (Fsp3) is 0.235. The Morgan fingerprint density at radius 3 is 2.38 bits per heavy atom. The lowest BCUT2D eigenvalue weighted by molar-refractivity contribution is -0.117. The predicted molar refractivity (Wildman–Crippen MR) is 84.2 cm³/mol. The fourth-order valence-electron chi connectivity index (χ4n) is 2.23. The average molecular weight is 284 g/mol. The standard InChI is InChI=1S/C17H20N2O2/c1-2-19(15-4-3-5-16(20)11-15)17(21)10-13-6-8-14(12-18)9-7-13/h3-9,11,20H,2,10,12,18H2,1H3. The minimum absolute atomic E-state index is 0.00333. The Bertz CT molecular complexity index is 608. The summed E-state index contributed by atoms with van der Waals surface area (Å²) in [5.74, 6) is 0.162. The topological polar surface area (TPSA) is 66.6 Å². The van der Waals surface area contributed by atoms with Gasteiger partial charge in [-0.25, -0.2) is 0 Å². The summed E-state index contributed by atoms with van der Waals surface area (Å²) in [6.45, 7) is 2.97. The monoisotopic (exact) mass is 284 g/mol. The quantitative estimate of drug-likeness (QED) is 0.886. The van der Waals surface area contributed by atoms with Crippen LogP contribution in [0.2, 0.25) is 0 Å². The number of amides is 1. The first kappa shape index (κ1) is 15.1. The van der Waals surface area contributed by atoms with Crippen LogP contribution in [-0.4, -0.2) is 17.6 Å². The molecule has 0 aromatic heterocycles. The van der Waals surface area contributed by atoms with Crippen molar-refractivity contribution in [1.82, 2.24) is 0 Å². The van der Waals surface area contributed by atoms with Gasteiger partial charge in [0.05, 0.1) is 6.42 Å². The van der Waals surface area contributed by atoms with E-state index in [1.54, 1.807) is 23.1 Å². The molecule has 2 aromatic rings. The average Bonchev–Trinajstić information content (AvgIpc) is 2.49. The van der Waals surface area contributed by atoms with Crippen molar-refractivity contribution in [1.29, 1.82) is 0 Å². The number of carbonyl (C=O) groups is 1. The first-order valence-electron chi connectivity index (χ1n) is 7.01. The maximum atomic E-state index is 12.4. The van der Waals surface area contributed by atoms with Crippen molar-refractivity contribution >= 4 is 11.6 Å². The van der Waals surface area contributed by atoms with Gasteiger partial charge in [0.25, 0.3) is 0 Å². The smallest absolute Gasteiger partial charge is 0.231 e. The number of benzene rings is 2. The lowest BCUT2D eigenvalue weighted by atomic mass is 10.1. The van der Waals surface area contributed by atoms with Crippen LogP contribution < -0.4 is 10.6 Å². The number of carbonyl (C=O) groups excluding carboxylic acids is 1. The number of likely N-dealkylation sites (N-methyl/N-ethyl adjacent to an activating group) is 1. The van der Waals surface area contributed by atoms with E-state index in [2.05, 4.69) is 0 Å². The summed E-state index contributed by atoms with van der Waals surface area (Å²) >= 11 is 0. The number of hydrogen-bond acceptors (Lipinski definition) is 3. The van der Waals surface area contributed by atoms with Crippen molar-refractivity contribution in [3.8, 4) is 5.75 Å². The summed E-state index contributed by atoms with van der Waals surface area (Å²) in [7, 11) is 0. The van der Waals surface area contributed by atoms with Gasteiger partial charge >= 0.3 is 0 Å². The van der Waals surface area contributed by atoms with E-state index >= 15 is 0 Å². The molecular weight excluding hydrogens is 264 g/mol. The summed E-state index contributed by atoms with van der Waals surface area (Å²) in [4.78, 5) is 14.1. The van der Waals surface area contributed by atoms with Gasteiger partial charge in [0, 0.05) is 24.8 Å². The van der Waals surface area contributed by atoms with Crippen LogP contribution in [0.1, 0.15) is 18.1 Å². The molecule has 2 aromatic carbocycles. The molecule has 4 nitrogen and oxygen atoms in total. The van der Waals surface area contributed by atoms with Crippen molar-refractivity contribution in [2.24, 2.45) is 5.73 Å². The molecule has 0 aliphatic heterocycles. The van der Waals surface area contributed by atoms with Crippen LogP contribution in [0.3, 0.4) is 0 Å². The lowest BCUT2D eigenvalue weighted by Gasteiger charge is -2.21. The molecule has 21 heavy (non-hydrogen) atoms. The van der Waals surface area contributed by atoms with E-state index in [-0.39, 0.29) is 11.7 Å². The molecule has 2 rings (SSSR count). The molecule has 0 spiro atoms. The molecule has 3 N–H and O–H groups in total. The van der Waals surface area contributed by atoms with Crippen LogP contribution in [0, 0.1) is 0 Å². The van der Waals surface area contributed by atoms with Crippen LogP contribution in [0.15, 0.2) is 48.5 Å². The van der Waals surface area contributed by atoms with Gasteiger partial charge in [-0.3, -0.25) is 4.79 Å². The van der Waals surface area contributed by atoms with Gasteiger partial charge in [0.1, 0.15) is 5.75 Å². The molecule has 0 unspecified atom stereocenters. The second kappa shape index (κ2) is 6.90. The number of anilines is 1. The SMILES string of the molecule is CCN(C(=O)Cc1ccc(CN)cc1)c1cccc(O)c1. The van der Waals surface area contributed by atoms with E-state index in [0.29, 0.717) is 25.2 Å². The second-order valence-electron chi connectivity index (χ2n) is 4.86. The normalized spacial score (nSPS) is 10.4. The summed E-state index contributed by atoms with van der Waals surface area (Å²) < 4.78 is 0. The summed E-state index contributed by atoms with van der Waals surface area (Å²) in [5, 5.41) is 9.54. The highest BCUT2D eigenvalue weighted by Crippen LogP contribution is 2.21. The van der Waals surface area contributed by atoms with Crippen LogP contribution in [0.4, 0.5) is 5.69 Å². The highest BCUT2D eigenvalue weighted by Gasteiger charge is 2.14. The molecule has 110 valence electrons. The number of phenols is 1. The third-order valence-electron chi connectivity index (χ3n) is 3.37. The van der Waals surface area contributed by atoms with Gasteiger partial charge in [-0.15, -0.1) is 0 Å². The zero-order valence-electron chi connectivity index (χ0n) is 12.1. The summed E-state index contributed by atoms with van der Waals surface area (Å²) in [6.07, 6.45) is 0.328. The Balaban J connectivity index is 2.12. The number of hydrogen-bond donors (Lipinski definition) is 2. The molecule has 0 radical (unpaired) electrons. The van der Waals surface area contributed by atoms with Crippen LogP contribution in [0.5, 0.6) is 5.75 Å². The number of aromatic hydroxyl groups is 1. The first-order valence-corrected chi connectivity index (χ1v) is 7.01. The molecule has 0 atom stereocenters. The Morgan fingerprint density at radius 2 is 1.81 bits per heavy atom. The second-order valence-corrected chi connectivity index (χ2v) is 4.86. The number of rotatable bonds is 5. The Labute approximate surface area is 124 Å². The summed E-state index contributed by atoms with van der Waals surface area (Å²) in [6, 6.07) is 14.5. The van der Waals surface area contributed by atoms with E-state index in [0.717, 1.165) is 11.1 Å². The third-order valence-corrected chi connectivity index (χ3v) is 3.37. The highest BCUT2D eigenvalue weighted by atomic mass is 16.3. The van der Waals surface area contributed by atoms with Gasteiger partial charge in [-0.2, -0.15) is 0 Å². The van der Waals surface area contributed by atoms with Crippen molar-refractivity contribution < 1.29 is 9.90 Å². The number of nitrogens with zero attached hydrogens (tertiary/aromatic N) is 1. The molecule has 1 amide bonds. The van der Waals surface area contributed by atoms with Gasteiger partial charge in [0.2, 0.25) is 5.91 Å². The van der Waals surface area contributed by atoms with Gasteiger partial charge < -0.3 is 15.7 Å². The molecule has 0 fully saturated rings. The Morgan fingerprint density at radius 1 is 1.14 bits per heavy atom. The number of phenolic OH excluding ortho intramolecular Hbond substituents is 1. The molecule has 0 heterocycles. The predicted octanol–water partition coefficient (Wildman–Crippen LogP) is 2.45. The van der Waals surface area contributed by atoms with Gasteiger partial charge in [-0.1, -0.05) is 30.3 Å². The maximum absolute atomic E-state index is 12.4. The molecular formula is C17H20N2O2. The minimum atomic E-state index is 0.00333. The molecule has 0 aliphatic rings.